The van der Waals surface area contributed by atoms with Crippen molar-refractivity contribution in [3.63, 3.8) is 0 Å². The molecule has 5 nitrogen and oxygen atoms in total. The Morgan fingerprint density at radius 3 is 2.30 bits per heavy atom. The van der Waals surface area contributed by atoms with Crippen molar-refractivity contribution in [1.82, 2.24) is 10.6 Å². The van der Waals surface area contributed by atoms with Crippen molar-refractivity contribution in [2.45, 2.75) is 45.6 Å². The first-order valence-electron chi connectivity index (χ1n) is 10.1. The van der Waals surface area contributed by atoms with Gasteiger partial charge in [-0.1, -0.05) is 36.4 Å². The molecule has 1 atom stereocenters. The SMILES string of the molecule is CCOC(=O)C1=C(CSc2c(C)c(C)cc(C)c2C)NC(=O)N[C@H]1c1ccccc1. The molecule has 2 aromatic rings. The average Bonchev–Trinajstić information content (AvgIpc) is 2.72. The monoisotopic (exact) mass is 424 g/mol. The number of carbonyl (C=O) groups excluding carboxylic acids is 2. The smallest absolute Gasteiger partial charge is 0.338 e. The van der Waals surface area contributed by atoms with Crippen LogP contribution in [0, 0.1) is 27.7 Å². The Morgan fingerprint density at radius 2 is 1.70 bits per heavy atom. The van der Waals surface area contributed by atoms with E-state index in [1.807, 2.05) is 30.3 Å². The fourth-order valence-corrected chi connectivity index (χ4v) is 4.89. The average molecular weight is 425 g/mol. The quantitative estimate of drug-likeness (QED) is 0.512. The Morgan fingerprint density at radius 1 is 1.07 bits per heavy atom. The van der Waals surface area contributed by atoms with E-state index in [4.69, 9.17) is 4.74 Å². The zero-order valence-electron chi connectivity index (χ0n) is 18.1. The predicted molar refractivity (Wildman–Crippen MR) is 121 cm³/mol. The Bertz CT molecular complexity index is 973. The first-order valence-corrected chi connectivity index (χ1v) is 11.0. The van der Waals surface area contributed by atoms with Crippen LogP contribution in [0.3, 0.4) is 0 Å². The number of hydrogen-bond acceptors (Lipinski definition) is 4. The van der Waals surface area contributed by atoms with Crippen molar-refractivity contribution in [3.05, 3.63) is 75.5 Å². The molecule has 0 aromatic heterocycles. The molecular formula is C24H28N2O3S. The Kier molecular flexibility index (Phi) is 6.87. The molecule has 2 N–H and O–H groups in total. The highest BCUT2D eigenvalue weighted by atomic mass is 32.2. The summed E-state index contributed by atoms with van der Waals surface area (Å²) in [7, 11) is 0. The van der Waals surface area contributed by atoms with Crippen LogP contribution >= 0.6 is 11.8 Å². The molecule has 6 heteroatoms. The molecule has 0 unspecified atom stereocenters. The number of aryl methyl sites for hydroxylation is 2. The first-order chi connectivity index (χ1) is 14.3. The molecule has 1 aliphatic rings. The van der Waals surface area contributed by atoms with Crippen molar-refractivity contribution in [2.24, 2.45) is 0 Å². The maximum atomic E-state index is 12.9. The van der Waals surface area contributed by atoms with Crippen molar-refractivity contribution < 1.29 is 14.3 Å². The lowest BCUT2D eigenvalue weighted by Gasteiger charge is -2.29. The minimum absolute atomic E-state index is 0.271. The highest BCUT2D eigenvalue weighted by Gasteiger charge is 2.33. The topological polar surface area (TPSA) is 67.4 Å². The molecule has 0 fully saturated rings. The van der Waals surface area contributed by atoms with E-state index in [0.717, 1.165) is 5.56 Å². The van der Waals surface area contributed by atoms with Crippen LogP contribution in [-0.4, -0.2) is 24.4 Å². The standard InChI is InChI=1S/C24H28N2O3S/c1-6-29-23(27)20-19(13-30-22-16(4)14(2)12-15(3)17(22)5)25-24(28)26-21(20)18-10-8-7-9-11-18/h7-12,21H,6,13H2,1-5H3,(H2,25,26,28)/t21-/m0/s1. The second-order valence-corrected chi connectivity index (χ2v) is 8.42. The summed E-state index contributed by atoms with van der Waals surface area (Å²) in [5.74, 6) is 0.0541. The van der Waals surface area contributed by atoms with Crippen LogP contribution in [0.25, 0.3) is 0 Å². The number of amides is 2. The predicted octanol–water partition coefficient (Wildman–Crippen LogP) is 4.88. The summed E-state index contributed by atoms with van der Waals surface area (Å²) in [4.78, 5) is 26.5. The van der Waals surface area contributed by atoms with Crippen LogP contribution in [0.2, 0.25) is 0 Å². The summed E-state index contributed by atoms with van der Waals surface area (Å²) in [5.41, 5.74) is 6.80. The number of ether oxygens (including phenoxy) is 1. The zero-order chi connectivity index (χ0) is 21.8. The lowest BCUT2D eigenvalue weighted by molar-refractivity contribution is -0.139. The number of benzene rings is 2. The summed E-state index contributed by atoms with van der Waals surface area (Å²) in [6.45, 7) is 10.5. The number of carbonyl (C=O) groups is 2. The summed E-state index contributed by atoms with van der Waals surface area (Å²) in [6, 6.07) is 10.8. The maximum Gasteiger partial charge on any atom is 0.338 e. The molecule has 0 bridgehead atoms. The van der Waals surface area contributed by atoms with E-state index in [0.29, 0.717) is 17.0 Å². The van der Waals surface area contributed by atoms with Gasteiger partial charge >= 0.3 is 12.0 Å². The van der Waals surface area contributed by atoms with Crippen molar-refractivity contribution in [3.8, 4) is 0 Å². The van der Waals surface area contributed by atoms with Gasteiger partial charge in [-0.3, -0.25) is 0 Å². The molecule has 0 saturated heterocycles. The molecule has 1 heterocycles. The van der Waals surface area contributed by atoms with Gasteiger partial charge in [-0.25, -0.2) is 9.59 Å². The van der Waals surface area contributed by atoms with Gasteiger partial charge in [0.15, 0.2) is 0 Å². The van der Waals surface area contributed by atoms with E-state index in [2.05, 4.69) is 44.4 Å². The molecule has 0 spiro atoms. The lowest BCUT2D eigenvalue weighted by Crippen LogP contribution is -2.46. The maximum absolute atomic E-state index is 12.9. The third-order valence-electron chi connectivity index (χ3n) is 5.44. The van der Waals surface area contributed by atoms with Gasteiger partial charge in [-0.2, -0.15) is 0 Å². The van der Waals surface area contributed by atoms with Gasteiger partial charge in [0.25, 0.3) is 0 Å². The molecule has 0 aliphatic carbocycles. The lowest BCUT2D eigenvalue weighted by atomic mass is 9.95. The van der Waals surface area contributed by atoms with Crippen LogP contribution in [0.1, 0.15) is 40.8 Å². The molecule has 0 saturated carbocycles. The van der Waals surface area contributed by atoms with Gasteiger partial charge < -0.3 is 15.4 Å². The number of thioether (sulfide) groups is 1. The fourth-order valence-electron chi connectivity index (χ4n) is 3.62. The molecule has 3 rings (SSSR count). The molecule has 158 valence electrons. The number of nitrogens with one attached hydrogen (secondary N) is 2. The van der Waals surface area contributed by atoms with Crippen molar-refractivity contribution in [1.29, 1.82) is 0 Å². The van der Waals surface area contributed by atoms with Gasteiger partial charge in [0, 0.05) is 16.3 Å². The first kappa shape index (κ1) is 22.0. The molecule has 2 aromatic carbocycles. The van der Waals surface area contributed by atoms with Crippen molar-refractivity contribution >= 4 is 23.8 Å². The van der Waals surface area contributed by atoms with Crippen LogP contribution in [-0.2, 0) is 9.53 Å². The highest BCUT2D eigenvalue weighted by molar-refractivity contribution is 7.99. The van der Waals surface area contributed by atoms with Gasteiger partial charge in [-0.05, 0) is 62.4 Å². The fraction of sp³-hybridized carbons (Fsp3) is 0.333. The van der Waals surface area contributed by atoms with Crippen LogP contribution in [0.15, 0.2) is 52.6 Å². The minimum Gasteiger partial charge on any atom is -0.463 e. The Balaban J connectivity index is 2.02. The molecule has 30 heavy (non-hydrogen) atoms. The number of urea groups is 1. The summed E-state index contributed by atoms with van der Waals surface area (Å²) in [6.07, 6.45) is 0. The number of esters is 1. The molecule has 2 amide bonds. The van der Waals surface area contributed by atoms with Gasteiger partial charge in [0.2, 0.25) is 0 Å². The zero-order valence-corrected chi connectivity index (χ0v) is 18.9. The second-order valence-electron chi connectivity index (χ2n) is 7.43. The summed E-state index contributed by atoms with van der Waals surface area (Å²) in [5, 5.41) is 5.73. The normalized spacial score (nSPS) is 16.2. The van der Waals surface area contributed by atoms with E-state index in [1.54, 1.807) is 18.7 Å². The second kappa shape index (κ2) is 9.39. The third-order valence-corrected chi connectivity index (χ3v) is 6.77. The molecule has 0 radical (unpaired) electrons. The number of rotatable bonds is 6. The van der Waals surface area contributed by atoms with Crippen LogP contribution < -0.4 is 10.6 Å². The Hall–Kier alpha value is -2.73. The Labute approximate surface area is 182 Å². The van der Waals surface area contributed by atoms with Gasteiger partial charge in [0.05, 0.1) is 18.2 Å². The van der Waals surface area contributed by atoms with Gasteiger partial charge in [-0.15, -0.1) is 11.8 Å². The van der Waals surface area contributed by atoms with E-state index in [-0.39, 0.29) is 12.6 Å². The molecular weight excluding hydrogens is 396 g/mol. The van der Waals surface area contributed by atoms with E-state index in [1.165, 1.54) is 27.1 Å². The van der Waals surface area contributed by atoms with Gasteiger partial charge in [0.1, 0.15) is 0 Å². The van der Waals surface area contributed by atoms with E-state index in [9.17, 15) is 9.59 Å². The summed E-state index contributed by atoms with van der Waals surface area (Å²) < 4.78 is 5.34. The summed E-state index contributed by atoms with van der Waals surface area (Å²) >= 11 is 1.64. The van der Waals surface area contributed by atoms with E-state index >= 15 is 0 Å². The third kappa shape index (κ3) is 4.54. The van der Waals surface area contributed by atoms with E-state index < -0.39 is 12.0 Å². The minimum atomic E-state index is -0.545. The molecule has 1 aliphatic heterocycles. The highest BCUT2D eigenvalue weighted by Crippen LogP contribution is 2.34. The van der Waals surface area contributed by atoms with Crippen LogP contribution in [0.5, 0.6) is 0 Å². The van der Waals surface area contributed by atoms with Crippen molar-refractivity contribution in [2.75, 3.05) is 12.4 Å². The number of hydrogen-bond donors (Lipinski definition) is 2. The van der Waals surface area contributed by atoms with Crippen LogP contribution in [0.4, 0.5) is 4.79 Å². The largest absolute Gasteiger partial charge is 0.463 e.